The van der Waals surface area contributed by atoms with Crippen LogP contribution in [0.4, 0.5) is 5.13 Å². The van der Waals surface area contributed by atoms with Crippen molar-refractivity contribution < 1.29 is 28.9 Å². The number of hydrogen-bond acceptors (Lipinski definition) is 8. The van der Waals surface area contributed by atoms with E-state index >= 15 is 0 Å². The van der Waals surface area contributed by atoms with Crippen molar-refractivity contribution in [3.8, 4) is 17.2 Å². The van der Waals surface area contributed by atoms with Crippen LogP contribution in [0, 0.1) is 0 Å². The number of thiazole rings is 1. The molecule has 0 radical (unpaired) electrons. The van der Waals surface area contributed by atoms with E-state index in [9.17, 15) is 14.7 Å². The number of carbonyl (C=O) groups excluding carboxylic acids is 2. The summed E-state index contributed by atoms with van der Waals surface area (Å²) in [6.45, 7) is 6.53. The Bertz CT molecular complexity index is 1730. The summed E-state index contributed by atoms with van der Waals surface area (Å²) >= 11 is 7.45. The highest BCUT2D eigenvalue weighted by atomic mass is 35.5. The number of benzene rings is 3. The Morgan fingerprint density at radius 3 is 2.63 bits per heavy atom. The van der Waals surface area contributed by atoms with Crippen molar-refractivity contribution in [2.24, 2.45) is 0 Å². The molecule has 1 amide bonds. The number of ether oxygens (including phenoxy) is 3. The first-order valence-electron chi connectivity index (χ1n) is 13.4. The lowest BCUT2D eigenvalue weighted by Gasteiger charge is -2.24. The Labute approximate surface area is 245 Å². The van der Waals surface area contributed by atoms with Gasteiger partial charge in [-0.2, -0.15) is 0 Å². The topological polar surface area (TPSA) is 98.2 Å². The highest BCUT2D eigenvalue weighted by Crippen LogP contribution is 2.46. The third-order valence-electron chi connectivity index (χ3n) is 7.04. The SMILES string of the molecule is CCOc1ccc([C@H]2/C(=C(\O)c3ccc4c(c3)C[C@H](C)O4)C(=O)C(=O)N2c2nc3ccc(Cl)cc3s2)cc1OCC. The van der Waals surface area contributed by atoms with Crippen LogP contribution in [-0.2, 0) is 16.0 Å². The van der Waals surface area contributed by atoms with Gasteiger partial charge in [-0.25, -0.2) is 4.98 Å². The number of fused-ring (bicyclic) bond motifs is 2. The molecule has 4 aromatic rings. The average molecular weight is 591 g/mol. The molecule has 41 heavy (non-hydrogen) atoms. The number of halogens is 1. The summed E-state index contributed by atoms with van der Waals surface area (Å²) in [4.78, 5) is 33.4. The molecule has 0 aliphatic carbocycles. The van der Waals surface area contributed by atoms with Crippen molar-refractivity contribution in [3.63, 3.8) is 0 Å². The maximum absolute atomic E-state index is 13.7. The maximum Gasteiger partial charge on any atom is 0.301 e. The van der Waals surface area contributed by atoms with Gasteiger partial charge in [0.05, 0.1) is 35.0 Å². The number of Topliss-reactive ketones (excluding diaryl/α,β-unsaturated/α-hetero) is 1. The summed E-state index contributed by atoms with van der Waals surface area (Å²) in [7, 11) is 0. The maximum atomic E-state index is 13.7. The number of ketones is 1. The first-order chi connectivity index (χ1) is 19.8. The van der Waals surface area contributed by atoms with Crippen molar-refractivity contribution in [2.75, 3.05) is 18.1 Å². The number of nitrogens with zero attached hydrogens (tertiary/aromatic N) is 2. The quantitative estimate of drug-likeness (QED) is 0.145. The minimum absolute atomic E-state index is 0.0151. The highest BCUT2D eigenvalue weighted by Gasteiger charge is 2.48. The van der Waals surface area contributed by atoms with E-state index in [4.69, 9.17) is 25.8 Å². The normalized spacial score (nSPS) is 19.5. The molecule has 6 rings (SSSR count). The molecule has 1 fully saturated rings. The predicted molar refractivity (Wildman–Crippen MR) is 158 cm³/mol. The second kappa shape index (κ2) is 10.7. The summed E-state index contributed by atoms with van der Waals surface area (Å²) in [5.41, 5.74) is 2.52. The Morgan fingerprint density at radius 2 is 1.85 bits per heavy atom. The standard InChI is InChI=1S/C31H27ClN2O6S/c1-4-38-23-11-6-17(14-24(23)39-5-2)27-26(28(35)18-7-10-22-19(13-18)12-16(3)40-22)29(36)30(37)34(27)31-33-21-9-8-20(32)15-25(21)41-31/h6-11,13-16,27,35H,4-5,12H2,1-3H3/b28-26+/t16-,27-/m0/s1. The fourth-order valence-corrected chi connectivity index (χ4v) is 6.57. The van der Waals surface area contributed by atoms with E-state index in [1.54, 1.807) is 48.5 Å². The number of rotatable bonds is 7. The second-order valence-electron chi connectivity index (χ2n) is 9.80. The average Bonchev–Trinajstić information content (AvgIpc) is 3.61. The highest BCUT2D eigenvalue weighted by molar-refractivity contribution is 7.22. The van der Waals surface area contributed by atoms with Gasteiger partial charge >= 0.3 is 5.91 Å². The lowest BCUT2D eigenvalue weighted by Crippen LogP contribution is -2.29. The van der Waals surface area contributed by atoms with Gasteiger partial charge < -0.3 is 19.3 Å². The molecule has 1 aromatic heterocycles. The summed E-state index contributed by atoms with van der Waals surface area (Å²) in [6.07, 6.45) is 0.695. The third-order valence-corrected chi connectivity index (χ3v) is 8.29. The van der Waals surface area contributed by atoms with Gasteiger partial charge in [0, 0.05) is 17.0 Å². The first kappa shape index (κ1) is 27.1. The molecule has 3 aromatic carbocycles. The van der Waals surface area contributed by atoms with Gasteiger partial charge in [0.15, 0.2) is 16.6 Å². The molecule has 0 spiro atoms. The third kappa shape index (κ3) is 4.79. The first-order valence-corrected chi connectivity index (χ1v) is 14.5. The molecule has 2 aliphatic rings. The fourth-order valence-electron chi connectivity index (χ4n) is 5.30. The fraction of sp³-hybridized carbons (Fsp3) is 0.258. The molecule has 2 aliphatic heterocycles. The van der Waals surface area contributed by atoms with Crippen molar-refractivity contribution in [1.82, 2.24) is 4.98 Å². The van der Waals surface area contributed by atoms with Gasteiger partial charge in [-0.05, 0) is 80.4 Å². The van der Waals surface area contributed by atoms with Crippen LogP contribution in [-0.4, -0.2) is 41.1 Å². The van der Waals surface area contributed by atoms with Crippen molar-refractivity contribution >= 4 is 55.7 Å². The van der Waals surface area contributed by atoms with Crippen LogP contribution in [0.2, 0.25) is 5.02 Å². The molecule has 2 atom stereocenters. The lowest BCUT2D eigenvalue weighted by atomic mass is 9.94. The zero-order valence-corrected chi connectivity index (χ0v) is 24.2. The molecule has 0 unspecified atom stereocenters. The number of anilines is 1. The monoisotopic (exact) mass is 590 g/mol. The molecule has 0 bridgehead atoms. The van der Waals surface area contributed by atoms with E-state index < -0.39 is 17.7 Å². The predicted octanol–water partition coefficient (Wildman–Crippen LogP) is 6.70. The van der Waals surface area contributed by atoms with E-state index in [0.29, 0.717) is 57.9 Å². The van der Waals surface area contributed by atoms with Gasteiger partial charge in [-0.1, -0.05) is 29.0 Å². The Kier molecular flexibility index (Phi) is 7.09. The van der Waals surface area contributed by atoms with Crippen LogP contribution in [0.1, 0.15) is 43.5 Å². The smallest absolute Gasteiger partial charge is 0.301 e. The van der Waals surface area contributed by atoms with Gasteiger partial charge in [-0.3, -0.25) is 14.5 Å². The van der Waals surface area contributed by atoms with Crippen LogP contribution < -0.4 is 19.1 Å². The number of aliphatic hydroxyl groups excluding tert-OH is 1. The van der Waals surface area contributed by atoms with Crippen LogP contribution in [0.15, 0.2) is 60.2 Å². The minimum Gasteiger partial charge on any atom is -0.507 e. The van der Waals surface area contributed by atoms with Crippen LogP contribution in [0.25, 0.3) is 16.0 Å². The van der Waals surface area contributed by atoms with Crippen LogP contribution in [0.3, 0.4) is 0 Å². The Hall–Kier alpha value is -4.08. The molecular weight excluding hydrogens is 564 g/mol. The van der Waals surface area contributed by atoms with Crippen LogP contribution in [0.5, 0.6) is 17.2 Å². The summed E-state index contributed by atoms with van der Waals surface area (Å²) < 4.78 is 18.2. The Balaban J connectivity index is 1.55. The molecule has 8 nitrogen and oxygen atoms in total. The van der Waals surface area contributed by atoms with E-state index in [-0.39, 0.29) is 17.4 Å². The van der Waals surface area contributed by atoms with Gasteiger partial charge in [0.2, 0.25) is 0 Å². The van der Waals surface area contributed by atoms with Crippen molar-refractivity contribution in [2.45, 2.75) is 39.3 Å². The Morgan fingerprint density at radius 1 is 1.07 bits per heavy atom. The second-order valence-corrected chi connectivity index (χ2v) is 11.3. The van der Waals surface area contributed by atoms with Crippen molar-refractivity contribution in [3.05, 3.63) is 81.9 Å². The number of hydrogen-bond donors (Lipinski definition) is 1. The van der Waals surface area contributed by atoms with Gasteiger partial charge in [0.25, 0.3) is 5.78 Å². The molecule has 210 valence electrons. The largest absolute Gasteiger partial charge is 0.507 e. The molecular formula is C31H27ClN2O6S. The van der Waals surface area contributed by atoms with E-state index in [1.165, 1.54) is 16.2 Å². The number of aromatic nitrogens is 1. The van der Waals surface area contributed by atoms with Crippen molar-refractivity contribution in [1.29, 1.82) is 0 Å². The van der Waals surface area contributed by atoms with Gasteiger partial charge in [0.1, 0.15) is 17.6 Å². The number of aliphatic hydroxyl groups is 1. The number of carbonyl (C=O) groups is 2. The van der Waals surface area contributed by atoms with Crippen LogP contribution >= 0.6 is 22.9 Å². The van der Waals surface area contributed by atoms with E-state index in [1.807, 2.05) is 26.8 Å². The zero-order chi connectivity index (χ0) is 28.8. The summed E-state index contributed by atoms with van der Waals surface area (Å²) in [5.74, 6) is -0.107. The minimum atomic E-state index is -0.968. The number of amides is 1. The molecule has 3 heterocycles. The van der Waals surface area contributed by atoms with E-state index in [0.717, 1.165) is 16.0 Å². The zero-order valence-electron chi connectivity index (χ0n) is 22.6. The summed E-state index contributed by atoms with van der Waals surface area (Å²) in [6, 6.07) is 14.8. The molecule has 10 heteroatoms. The molecule has 1 saturated heterocycles. The molecule has 0 saturated carbocycles. The van der Waals surface area contributed by atoms with E-state index in [2.05, 4.69) is 4.98 Å². The molecule has 1 N–H and O–H groups in total. The summed E-state index contributed by atoms with van der Waals surface area (Å²) in [5, 5.41) is 12.5. The van der Waals surface area contributed by atoms with Gasteiger partial charge in [-0.15, -0.1) is 0 Å². The lowest BCUT2D eigenvalue weighted by molar-refractivity contribution is -0.132.